The Balaban J connectivity index is 2.32. The number of aryl methyl sites for hydroxylation is 4. The molecule has 0 atom stereocenters. The van der Waals surface area contributed by atoms with E-state index in [2.05, 4.69) is 77.9 Å². The predicted molar refractivity (Wildman–Crippen MR) is 163 cm³/mol. The molecule has 192 valence electrons. The summed E-state index contributed by atoms with van der Waals surface area (Å²) in [5, 5.41) is 9.19. The number of hydrogen-bond donors (Lipinski definition) is 0. The molecule has 0 heterocycles. The number of fused-ring (bicyclic) bond motifs is 5. The minimum Gasteiger partial charge on any atom is -0.0651 e. The largest absolute Gasteiger partial charge is 0.0651 e. The second kappa shape index (κ2) is 12.3. The molecule has 0 spiro atoms. The van der Waals surface area contributed by atoms with Crippen LogP contribution in [-0.2, 0) is 38.5 Å². The van der Waals surface area contributed by atoms with E-state index in [-0.39, 0.29) is 0 Å². The molecule has 4 aromatic carbocycles. The van der Waals surface area contributed by atoms with Crippen molar-refractivity contribution in [3.05, 3.63) is 69.8 Å². The van der Waals surface area contributed by atoms with Crippen LogP contribution in [0.15, 0.2) is 36.4 Å². The summed E-state index contributed by atoms with van der Waals surface area (Å²) in [5.41, 5.74) is 9.83. The highest BCUT2D eigenvalue weighted by molar-refractivity contribution is 6.21. The quantitative estimate of drug-likeness (QED) is 0.177. The third-order valence-electron chi connectivity index (χ3n) is 8.07. The van der Waals surface area contributed by atoms with E-state index >= 15 is 0 Å². The molecule has 0 aliphatic heterocycles. The molecule has 0 saturated heterocycles. The maximum Gasteiger partial charge on any atom is -0.00665 e. The van der Waals surface area contributed by atoms with E-state index in [9.17, 15) is 0 Å². The summed E-state index contributed by atoms with van der Waals surface area (Å²) in [4.78, 5) is 0. The van der Waals surface area contributed by atoms with Gasteiger partial charge in [-0.05, 0) is 110 Å². The van der Waals surface area contributed by atoms with Crippen LogP contribution in [0.2, 0.25) is 0 Å². The lowest BCUT2D eigenvalue weighted by Gasteiger charge is -2.25. The van der Waals surface area contributed by atoms with Crippen LogP contribution in [0.1, 0.15) is 113 Å². The second-order valence-corrected chi connectivity index (χ2v) is 10.9. The van der Waals surface area contributed by atoms with Gasteiger partial charge in [0.15, 0.2) is 0 Å². The van der Waals surface area contributed by atoms with Crippen molar-refractivity contribution in [1.82, 2.24) is 0 Å². The van der Waals surface area contributed by atoms with Crippen LogP contribution in [0.5, 0.6) is 0 Å². The van der Waals surface area contributed by atoms with Crippen LogP contribution < -0.4 is 0 Å². The van der Waals surface area contributed by atoms with E-state index < -0.39 is 0 Å². The van der Waals surface area contributed by atoms with Gasteiger partial charge < -0.3 is 0 Å². The van der Waals surface area contributed by atoms with Gasteiger partial charge in [0.1, 0.15) is 0 Å². The van der Waals surface area contributed by atoms with Crippen LogP contribution in [-0.4, -0.2) is 0 Å². The average molecular weight is 481 g/mol. The highest BCUT2D eigenvalue weighted by Crippen LogP contribution is 2.43. The van der Waals surface area contributed by atoms with Crippen molar-refractivity contribution in [1.29, 1.82) is 0 Å². The molecule has 0 saturated carbocycles. The van der Waals surface area contributed by atoms with Gasteiger partial charge in [-0.2, -0.15) is 0 Å². The Morgan fingerprint density at radius 2 is 0.861 bits per heavy atom. The first-order valence-corrected chi connectivity index (χ1v) is 15.1. The first-order valence-electron chi connectivity index (χ1n) is 15.1. The fraction of sp³-hybridized carbons (Fsp3) is 0.500. The predicted octanol–water partition coefficient (Wildman–Crippen LogP) is 10.9. The van der Waals surface area contributed by atoms with E-state index in [0.29, 0.717) is 0 Å². The molecule has 0 aliphatic carbocycles. The van der Waals surface area contributed by atoms with Crippen molar-refractivity contribution in [2.24, 2.45) is 0 Å². The van der Waals surface area contributed by atoms with Gasteiger partial charge in [0.05, 0.1) is 0 Å². The van der Waals surface area contributed by atoms with Crippen molar-refractivity contribution in [3.8, 4) is 0 Å². The first kappa shape index (κ1) is 26.7. The van der Waals surface area contributed by atoms with Crippen molar-refractivity contribution in [2.75, 3.05) is 0 Å². The average Bonchev–Trinajstić information content (AvgIpc) is 2.88. The molecule has 0 heteroatoms. The Labute approximate surface area is 220 Å². The first-order chi connectivity index (χ1) is 17.6. The fourth-order valence-corrected chi connectivity index (χ4v) is 6.81. The Bertz CT molecular complexity index is 1340. The van der Waals surface area contributed by atoms with E-state index in [1.165, 1.54) is 85.9 Å². The molecular formula is C36H48. The highest BCUT2D eigenvalue weighted by atomic mass is 14.3. The molecule has 0 nitrogen and oxygen atoms in total. The summed E-state index contributed by atoms with van der Waals surface area (Å²) in [5.74, 6) is 0. The van der Waals surface area contributed by atoms with E-state index in [1.807, 2.05) is 0 Å². The minimum absolute atomic E-state index is 1.15. The zero-order valence-electron chi connectivity index (χ0n) is 23.9. The fourth-order valence-electron chi connectivity index (χ4n) is 6.81. The maximum absolute atomic E-state index is 2.64. The molecule has 0 amide bonds. The topological polar surface area (TPSA) is 0 Å². The molecular weight excluding hydrogens is 432 g/mol. The van der Waals surface area contributed by atoms with Gasteiger partial charge in [-0.3, -0.25) is 0 Å². The summed E-state index contributed by atoms with van der Waals surface area (Å²) in [6.45, 7) is 14.1. The third kappa shape index (κ3) is 4.81. The lowest BCUT2D eigenvalue weighted by Crippen LogP contribution is -2.08. The molecule has 0 aromatic heterocycles. The Kier molecular flexibility index (Phi) is 9.10. The molecule has 0 unspecified atom stereocenters. The van der Waals surface area contributed by atoms with Gasteiger partial charge in [-0.25, -0.2) is 0 Å². The summed E-state index contributed by atoms with van der Waals surface area (Å²) in [7, 11) is 0. The van der Waals surface area contributed by atoms with Gasteiger partial charge in [0.2, 0.25) is 0 Å². The number of benzene rings is 4. The summed E-state index contributed by atoms with van der Waals surface area (Å²) in [6.07, 6.45) is 14.4. The molecule has 4 aromatic rings. The van der Waals surface area contributed by atoms with Crippen molar-refractivity contribution >= 4 is 32.3 Å². The Hall–Kier alpha value is -2.34. The van der Waals surface area contributed by atoms with Crippen molar-refractivity contribution in [2.45, 2.75) is 119 Å². The number of rotatable bonds is 12. The monoisotopic (exact) mass is 480 g/mol. The third-order valence-corrected chi connectivity index (χ3v) is 8.07. The van der Waals surface area contributed by atoms with Gasteiger partial charge >= 0.3 is 0 Å². The number of hydrogen-bond acceptors (Lipinski definition) is 0. The lowest BCUT2D eigenvalue weighted by molar-refractivity contribution is 0.810. The van der Waals surface area contributed by atoms with Gasteiger partial charge in [-0.15, -0.1) is 0 Å². The highest BCUT2D eigenvalue weighted by Gasteiger charge is 2.22. The van der Waals surface area contributed by atoms with Gasteiger partial charge in [0, 0.05) is 0 Å². The van der Waals surface area contributed by atoms with Crippen LogP contribution in [0.4, 0.5) is 0 Å². The van der Waals surface area contributed by atoms with Gasteiger partial charge in [0.25, 0.3) is 0 Å². The second-order valence-electron chi connectivity index (χ2n) is 10.9. The standard InChI is InChI=1S/C36H48/c1-7-15-25-23-34-35(32-22-14-13-21-27(25)32)26(16-8-2)24-33-30(19-11-5)28(17-9-3)29(18-10-4)31(20-12-6)36(33)34/h13-14,21-24H,7-12,15-20H2,1-6H3. The van der Waals surface area contributed by atoms with E-state index in [4.69, 9.17) is 0 Å². The van der Waals surface area contributed by atoms with Crippen molar-refractivity contribution < 1.29 is 0 Å². The molecule has 0 radical (unpaired) electrons. The lowest BCUT2D eigenvalue weighted by atomic mass is 9.79. The van der Waals surface area contributed by atoms with Crippen molar-refractivity contribution in [3.63, 3.8) is 0 Å². The van der Waals surface area contributed by atoms with E-state index in [1.54, 1.807) is 44.0 Å². The zero-order valence-corrected chi connectivity index (χ0v) is 23.9. The molecule has 0 aliphatic rings. The van der Waals surface area contributed by atoms with Crippen LogP contribution in [0.25, 0.3) is 32.3 Å². The van der Waals surface area contributed by atoms with Crippen LogP contribution >= 0.6 is 0 Å². The Morgan fingerprint density at radius 1 is 0.389 bits per heavy atom. The molecule has 0 N–H and O–H groups in total. The molecule has 0 bridgehead atoms. The van der Waals surface area contributed by atoms with Crippen LogP contribution in [0.3, 0.4) is 0 Å². The normalized spacial score (nSPS) is 11.8. The van der Waals surface area contributed by atoms with Gasteiger partial charge in [-0.1, -0.05) is 110 Å². The smallest absolute Gasteiger partial charge is 0.00665 e. The van der Waals surface area contributed by atoms with Crippen LogP contribution in [0, 0.1) is 0 Å². The van der Waals surface area contributed by atoms with E-state index in [0.717, 1.165) is 12.8 Å². The summed E-state index contributed by atoms with van der Waals surface area (Å²) in [6, 6.07) is 14.5. The SMILES string of the molecule is CCCc1c(CCC)c(CCC)c2c(cc(CCC)c3c4ccccc4c(CCC)cc23)c1CCC. The zero-order chi connectivity index (χ0) is 25.7. The molecule has 36 heavy (non-hydrogen) atoms. The summed E-state index contributed by atoms with van der Waals surface area (Å²) < 4.78 is 0. The molecule has 0 fully saturated rings. The maximum atomic E-state index is 2.64. The summed E-state index contributed by atoms with van der Waals surface area (Å²) >= 11 is 0. The minimum atomic E-state index is 1.15. The molecule has 4 rings (SSSR count). The Morgan fingerprint density at radius 3 is 1.47 bits per heavy atom.